The lowest BCUT2D eigenvalue weighted by molar-refractivity contribution is 0.334. The van der Waals surface area contributed by atoms with Crippen molar-refractivity contribution in [2.24, 2.45) is 0 Å². The molecule has 80 valence electrons. The molecule has 1 nitrogen and oxygen atoms in total. The summed E-state index contributed by atoms with van der Waals surface area (Å²) in [6.07, 6.45) is 2.40. The van der Waals surface area contributed by atoms with Crippen LogP contribution in [0.25, 0.3) is 0 Å². The van der Waals surface area contributed by atoms with Crippen LogP contribution in [0.15, 0.2) is 16.8 Å². The van der Waals surface area contributed by atoms with E-state index in [0.717, 1.165) is 6.54 Å². The van der Waals surface area contributed by atoms with Crippen molar-refractivity contribution in [1.29, 1.82) is 0 Å². The fourth-order valence-electron chi connectivity index (χ4n) is 1.26. The van der Waals surface area contributed by atoms with Gasteiger partial charge in [0.15, 0.2) is 0 Å². The van der Waals surface area contributed by atoms with Gasteiger partial charge in [-0.05, 0) is 48.8 Å². The molecule has 0 saturated carbocycles. The zero-order chi connectivity index (χ0) is 10.4. The number of halogens is 1. The number of hydrogen-bond donors (Lipinski definition) is 0. The summed E-state index contributed by atoms with van der Waals surface area (Å²) in [4.78, 5) is 3.03. The maximum absolute atomic E-state index is 3.57. The first-order chi connectivity index (χ1) is 6.68. The van der Waals surface area contributed by atoms with Crippen LogP contribution in [0.5, 0.6) is 0 Å². The van der Waals surface area contributed by atoms with Gasteiger partial charge >= 0.3 is 0 Å². The molecule has 0 aliphatic heterocycles. The fourth-order valence-corrected chi connectivity index (χ4v) is 2.17. The highest BCUT2D eigenvalue weighted by atomic mass is 79.9. The Morgan fingerprint density at radius 1 is 1.50 bits per heavy atom. The smallest absolute Gasteiger partial charge is 0.0129 e. The summed E-state index contributed by atoms with van der Waals surface area (Å²) in [5.74, 6) is 0. The number of nitrogens with zero attached hydrogens (tertiary/aromatic N) is 1. The lowest BCUT2D eigenvalue weighted by Gasteiger charge is -2.16. The van der Waals surface area contributed by atoms with Crippen LogP contribution in [0, 0.1) is 0 Å². The van der Waals surface area contributed by atoms with Crippen LogP contribution in [0.1, 0.15) is 18.9 Å². The molecule has 0 aliphatic rings. The summed E-state index contributed by atoms with van der Waals surface area (Å²) in [6, 6.07) is 2.21. The van der Waals surface area contributed by atoms with Crippen molar-refractivity contribution in [3.05, 3.63) is 22.4 Å². The molecule has 3 heteroatoms. The van der Waals surface area contributed by atoms with Gasteiger partial charge in [-0.15, -0.1) is 0 Å². The van der Waals surface area contributed by atoms with E-state index < -0.39 is 0 Å². The minimum atomic E-state index is 0.631. The Kier molecular flexibility index (Phi) is 5.75. The number of hydrogen-bond acceptors (Lipinski definition) is 2. The van der Waals surface area contributed by atoms with E-state index in [2.05, 4.69) is 51.6 Å². The topological polar surface area (TPSA) is 3.24 Å². The van der Waals surface area contributed by atoms with Gasteiger partial charge in [0, 0.05) is 11.4 Å². The van der Waals surface area contributed by atoms with Crippen molar-refractivity contribution in [3.8, 4) is 0 Å². The zero-order valence-corrected chi connectivity index (χ0v) is 11.3. The normalized spacial score (nSPS) is 13.4. The molecule has 0 aromatic carbocycles. The van der Waals surface area contributed by atoms with Crippen molar-refractivity contribution < 1.29 is 0 Å². The average molecular weight is 276 g/mol. The number of alkyl halides is 1. The van der Waals surface area contributed by atoms with Gasteiger partial charge in [0.2, 0.25) is 0 Å². The predicted molar refractivity (Wildman–Crippen MR) is 68.5 cm³/mol. The van der Waals surface area contributed by atoms with Crippen molar-refractivity contribution in [1.82, 2.24) is 4.90 Å². The van der Waals surface area contributed by atoms with E-state index in [9.17, 15) is 0 Å². The summed E-state index contributed by atoms with van der Waals surface area (Å²) in [7, 11) is 2.20. The third-order valence-corrected chi connectivity index (χ3v) is 3.46. The van der Waals surface area contributed by atoms with Gasteiger partial charge in [0.25, 0.3) is 0 Å². The van der Waals surface area contributed by atoms with Gasteiger partial charge in [-0.25, -0.2) is 0 Å². The predicted octanol–water partition coefficient (Wildman–Crippen LogP) is 3.40. The van der Waals surface area contributed by atoms with Gasteiger partial charge in [0.05, 0.1) is 0 Å². The van der Waals surface area contributed by atoms with Crippen molar-refractivity contribution in [3.63, 3.8) is 0 Å². The van der Waals surface area contributed by atoms with Crippen LogP contribution in [-0.4, -0.2) is 29.9 Å². The van der Waals surface area contributed by atoms with Crippen LogP contribution in [0.3, 0.4) is 0 Å². The first-order valence-electron chi connectivity index (χ1n) is 5.02. The molecular formula is C11H18BrNS. The Labute approximate surface area is 99.3 Å². The molecule has 0 spiro atoms. The Balaban J connectivity index is 2.12. The summed E-state index contributed by atoms with van der Waals surface area (Å²) in [5, 5.41) is 4.39. The van der Waals surface area contributed by atoms with E-state index in [4.69, 9.17) is 0 Å². The number of thiophene rings is 1. The molecule has 1 atom stereocenters. The fraction of sp³-hybridized carbons (Fsp3) is 0.636. The minimum absolute atomic E-state index is 0.631. The molecule has 1 heterocycles. The Hall–Kier alpha value is 0.140. The molecule has 0 fully saturated rings. The van der Waals surface area contributed by atoms with Crippen LogP contribution in [0.2, 0.25) is 0 Å². The lowest BCUT2D eigenvalue weighted by atomic mass is 10.2. The van der Waals surface area contributed by atoms with Gasteiger partial charge in [-0.2, -0.15) is 11.3 Å². The molecule has 0 amide bonds. The highest BCUT2D eigenvalue weighted by molar-refractivity contribution is 9.09. The van der Waals surface area contributed by atoms with Gasteiger partial charge in [-0.3, -0.25) is 0 Å². The highest BCUT2D eigenvalue weighted by Crippen LogP contribution is 2.08. The molecule has 0 N–H and O–H groups in total. The molecule has 1 unspecified atom stereocenters. The number of rotatable bonds is 6. The van der Waals surface area contributed by atoms with Crippen molar-refractivity contribution in [2.75, 3.05) is 20.1 Å². The van der Waals surface area contributed by atoms with Crippen molar-refractivity contribution >= 4 is 27.3 Å². The number of likely N-dealkylation sites (N-methyl/N-ethyl adjacent to an activating group) is 1. The zero-order valence-electron chi connectivity index (χ0n) is 8.87. The highest BCUT2D eigenvalue weighted by Gasteiger charge is 2.01. The van der Waals surface area contributed by atoms with Gasteiger partial charge in [0.1, 0.15) is 0 Å². The third kappa shape index (κ3) is 5.13. The standard InChI is InChI=1S/C11H18BrNS/c1-10(12)3-6-13(2)7-4-11-5-8-14-9-11/h5,8-10H,3-4,6-7H2,1-2H3. The lowest BCUT2D eigenvalue weighted by Crippen LogP contribution is -2.23. The molecular weight excluding hydrogens is 258 g/mol. The second kappa shape index (κ2) is 6.59. The van der Waals surface area contributed by atoms with Crippen LogP contribution in [-0.2, 0) is 6.42 Å². The Bertz CT molecular complexity index is 233. The quantitative estimate of drug-likeness (QED) is 0.720. The summed E-state index contributed by atoms with van der Waals surface area (Å²) >= 11 is 5.35. The third-order valence-electron chi connectivity index (χ3n) is 2.27. The van der Waals surface area contributed by atoms with Gasteiger partial charge in [-0.1, -0.05) is 22.9 Å². The largest absolute Gasteiger partial charge is 0.306 e. The monoisotopic (exact) mass is 275 g/mol. The van der Waals surface area contributed by atoms with Crippen LogP contribution in [0.4, 0.5) is 0 Å². The minimum Gasteiger partial charge on any atom is -0.306 e. The molecule has 1 rings (SSSR count). The summed E-state index contributed by atoms with van der Waals surface area (Å²) in [5.41, 5.74) is 1.47. The van der Waals surface area contributed by atoms with E-state index in [1.165, 1.54) is 24.9 Å². The summed E-state index contributed by atoms with van der Waals surface area (Å²) < 4.78 is 0. The van der Waals surface area contributed by atoms with E-state index in [0.29, 0.717) is 4.83 Å². The maximum atomic E-state index is 3.57. The van der Waals surface area contributed by atoms with E-state index in [1.54, 1.807) is 11.3 Å². The first kappa shape index (κ1) is 12.2. The van der Waals surface area contributed by atoms with E-state index in [-0.39, 0.29) is 0 Å². The molecule has 1 aromatic rings. The molecule has 14 heavy (non-hydrogen) atoms. The SMILES string of the molecule is CC(Br)CCN(C)CCc1ccsc1. The van der Waals surface area contributed by atoms with E-state index >= 15 is 0 Å². The first-order valence-corrected chi connectivity index (χ1v) is 6.88. The summed E-state index contributed by atoms with van der Waals surface area (Å²) in [6.45, 7) is 4.54. The maximum Gasteiger partial charge on any atom is 0.0129 e. The second-order valence-corrected chi connectivity index (χ2v) is 6.10. The van der Waals surface area contributed by atoms with Crippen LogP contribution < -0.4 is 0 Å². The second-order valence-electron chi connectivity index (χ2n) is 3.75. The van der Waals surface area contributed by atoms with Crippen LogP contribution >= 0.6 is 27.3 Å². The Morgan fingerprint density at radius 2 is 2.29 bits per heavy atom. The Morgan fingerprint density at radius 3 is 2.86 bits per heavy atom. The molecule has 0 radical (unpaired) electrons. The molecule has 0 aliphatic carbocycles. The van der Waals surface area contributed by atoms with E-state index in [1.807, 2.05) is 0 Å². The molecule has 0 bridgehead atoms. The van der Waals surface area contributed by atoms with Gasteiger partial charge < -0.3 is 4.90 Å². The molecule has 1 aromatic heterocycles. The van der Waals surface area contributed by atoms with Crippen molar-refractivity contribution in [2.45, 2.75) is 24.6 Å². The molecule has 0 saturated heterocycles. The average Bonchev–Trinajstić information content (AvgIpc) is 2.63.